The number of hydrogen-bond acceptors (Lipinski definition) is 5. The minimum Gasteiger partial charge on any atom is -0.483 e. The van der Waals surface area contributed by atoms with Crippen LogP contribution in [0.25, 0.3) is 10.4 Å². The summed E-state index contributed by atoms with van der Waals surface area (Å²) in [5, 5.41) is 3.73. The first-order chi connectivity index (χ1) is 14.0. The van der Waals surface area contributed by atoms with Crippen LogP contribution in [-0.2, 0) is 9.53 Å². The fourth-order valence-corrected chi connectivity index (χ4v) is 4.35. The predicted molar refractivity (Wildman–Crippen MR) is 119 cm³/mol. The molecule has 150 valence electrons. The van der Waals surface area contributed by atoms with Crippen LogP contribution in [0.15, 0.2) is 59.1 Å². The molecule has 0 aliphatic heterocycles. The third kappa shape index (κ3) is 5.59. The lowest BCUT2D eigenvalue weighted by Gasteiger charge is -2.09. The SMILES string of the molecule is CCOC(=O)c1cc(-c2ccccc2)sc1NC(=O)COc1ccc(Cl)cc1Br. The Morgan fingerprint density at radius 2 is 1.90 bits per heavy atom. The van der Waals surface area contributed by atoms with E-state index in [1.54, 1.807) is 31.2 Å². The molecule has 1 heterocycles. The van der Waals surface area contributed by atoms with Gasteiger partial charge in [-0.1, -0.05) is 41.9 Å². The first-order valence-corrected chi connectivity index (χ1v) is 10.7. The van der Waals surface area contributed by atoms with Crippen LogP contribution in [0.4, 0.5) is 5.00 Å². The van der Waals surface area contributed by atoms with Gasteiger partial charge in [0.05, 0.1) is 16.6 Å². The lowest BCUT2D eigenvalue weighted by atomic mass is 10.1. The van der Waals surface area contributed by atoms with E-state index in [1.165, 1.54) is 11.3 Å². The molecule has 8 heteroatoms. The Bertz CT molecular complexity index is 1020. The number of esters is 1. The van der Waals surface area contributed by atoms with Gasteiger partial charge in [0.2, 0.25) is 0 Å². The topological polar surface area (TPSA) is 64.6 Å². The summed E-state index contributed by atoms with van der Waals surface area (Å²) in [5.41, 5.74) is 1.27. The Morgan fingerprint density at radius 1 is 1.14 bits per heavy atom. The predicted octanol–water partition coefficient (Wildman–Crippen LogP) is 6.03. The van der Waals surface area contributed by atoms with Crippen LogP contribution in [0.1, 0.15) is 17.3 Å². The molecular weight excluding hydrogens is 478 g/mol. The van der Waals surface area contributed by atoms with Crippen molar-refractivity contribution in [3.8, 4) is 16.2 Å². The number of carbonyl (C=O) groups is 2. The summed E-state index contributed by atoms with van der Waals surface area (Å²) >= 11 is 10.6. The Labute approximate surface area is 185 Å². The highest BCUT2D eigenvalue weighted by Gasteiger charge is 2.20. The summed E-state index contributed by atoms with van der Waals surface area (Å²) in [7, 11) is 0. The van der Waals surface area contributed by atoms with Gasteiger partial charge in [-0.25, -0.2) is 4.79 Å². The smallest absolute Gasteiger partial charge is 0.341 e. The van der Waals surface area contributed by atoms with Gasteiger partial charge in [-0.2, -0.15) is 0 Å². The number of hydrogen-bond donors (Lipinski definition) is 1. The molecule has 5 nitrogen and oxygen atoms in total. The van der Waals surface area contributed by atoms with Gasteiger partial charge >= 0.3 is 5.97 Å². The monoisotopic (exact) mass is 493 g/mol. The molecule has 0 radical (unpaired) electrons. The molecule has 0 saturated carbocycles. The third-order valence-electron chi connectivity index (χ3n) is 3.79. The number of rotatable bonds is 7. The van der Waals surface area contributed by atoms with E-state index in [-0.39, 0.29) is 19.1 Å². The second-order valence-electron chi connectivity index (χ2n) is 5.85. The first kappa shape index (κ1) is 21.4. The van der Waals surface area contributed by atoms with Crippen LogP contribution in [0.3, 0.4) is 0 Å². The second-order valence-corrected chi connectivity index (χ2v) is 8.19. The Morgan fingerprint density at radius 3 is 2.59 bits per heavy atom. The molecule has 1 N–H and O–H groups in total. The second kappa shape index (κ2) is 9.91. The molecule has 1 aromatic heterocycles. The molecular formula is C21H17BrClNO4S. The average Bonchev–Trinajstić information content (AvgIpc) is 3.12. The van der Waals surface area contributed by atoms with Crippen molar-refractivity contribution < 1.29 is 19.1 Å². The van der Waals surface area contributed by atoms with E-state index in [0.717, 1.165) is 10.4 Å². The average molecular weight is 495 g/mol. The van der Waals surface area contributed by atoms with E-state index in [9.17, 15) is 9.59 Å². The minimum atomic E-state index is -0.484. The molecule has 0 spiro atoms. The molecule has 0 unspecified atom stereocenters. The molecule has 3 aromatic rings. The van der Waals surface area contributed by atoms with E-state index in [0.29, 0.717) is 25.8 Å². The fourth-order valence-electron chi connectivity index (χ4n) is 2.49. The molecule has 29 heavy (non-hydrogen) atoms. The zero-order chi connectivity index (χ0) is 20.8. The quantitative estimate of drug-likeness (QED) is 0.408. The van der Waals surface area contributed by atoms with Gasteiger partial charge in [0.15, 0.2) is 6.61 Å². The molecule has 0 atom stereocenters. The lowest BCUT2D eigenvalue weighted by Crippen LogP contribution is -2.21. The summed E-state index contributed by atoms with van der Waals surface area (Å²) in [6.45, 7) is 1.76. The van der Waals surface area contributed by atoms with Crippen molar-refractivity contribution in [1.29, 1.82) is 0 Å². The van der Waals surface area contributed by atoms with Crippen molar-refractivity contribution in [2.45, 2.75) is 6.92 Å². The molecule has 3 rings (SSSR count). The maximum Gasteiger partial charge on any atom is 0.341 e. The van der Waals surface area contributed by atoms with Gasteiger partial charge in [-0.15, -0.1) is 11.3 Å². The van der Waals surface area contributed by atoms with Crippen molar-refractivity contribution in [3.63, 3.8) is 0 Å². The Balaban J connectivity index is 1.76. The summed E-state index contributed by atoms with van der Waals surface area (Å²) < 4.78 is 11.3. The first-order valence-electron chi connectivity index (χ1n) is 8.72. The number of anilines is 1. The molecule has 0 bridgehead atoms. The van der Waals surface area contributed by atoms with Crippen molar-refractivity contribution >= 4 is 55.7 Å². The number of benzene rings is 2. The summed E-state index contributed by atoms with van der Waals surface area (Å²) in [6.07, 6.45) is 0. The molecule has 0 saturated heterocycles. The normalized spacial score (nSPS) is 10.4. The molecule has 0 fully saturated rings. The zero-order valence-corrected chi connectivity index (χ0v) is 18.6. The van der Waals surface area contributed by atoms with Crippen molar-refractivity contribution in [2.75, 3.05) is 18.5 Å². The summed E-state index contributed by atoms with van der Waals surface area (Å²) in [5.74, 6) is -0.382. The Kier molecular flexibility index (Phi) is 7.30. The molecule has 1 amide bonds. The van der Waals surface area contributed by atoms with Crippen LogP contribution < -0.4 is 10.1 Å². The highest BCUT2D eigenvalue weighted by Crippen LogP contribution is 2.36. The standard InChI is InChI=1S/C21H17BrClNO4S/c1-2-27-21(26)15-11-18(13-6-4-3-5-7-13)29-20(15)24-19(25)12-28-17-9-8-14(23)10-16(17)22/h3-11H,2,12H2,1H3,(H,24,25). The van der Waals surface area contributed by atoms with Gasteiger partial charge in [-0.3, -0.25) is 4.79 Å². The number of ether oxygens (including phenoxy) is 2. The molecule has 2 aromatic carbocycles. The minimum absolute atomic E-state index is 0.221. The van der Waals surface area contributed by atoms with E-state index in [1.807, 2.05) is 30.3 Å². The maximum atomic E-state index is 12.4. The van der Waals surface area contributed by atoms with Crippen LogP contribution in [0.2, 0.25) is 5.02 Å². The molecule has 0 aliphatic rings. The van der Waals surface area contributed by atoms with Gasteiger partial charge in [0.1, 0.15) is 10.8 Å². The van der Waals surface area contributed by atoms with Gasteiger partial charge in [0, 0.05) is 9.90 Å². The van der Waals surface area contributed by atoms with Crippen LogP contribution in [0, 0.1) is 0 Å². The van der Waals surface area contributed by atoms with E-state index in [2.05, 4.69) is 21.2 Å². The Hall–Kier alpha value is -2.35. The van der Waals surface area contributed by atoms with Gasteiger partial charge in [-0.05, 0) is 52.7 Å². The number of carbonyl (C=O) groups excluding carboxylic acids is 2. The number of nitrogens with one attached hydrogen (secondary N) is 1. The van der Waals surface area contributed by atoms with Crippen LogP contribution in [0.5, 0.6) is 5.75 Å². The largest absolute Gasteiger partial charge is 0.483 e. The third-order valence-corrected chi connectivity index (χ3v) is 5.75. The van der Waals surface area contributed by atoms with E-state index < -0.39 is 5.97 Å². The number of halogens is 2. The van der Waals surface area contributed by atoms with Crippen molar-refractivity contribution in [1.82, 2.24) is 0 Å². The van der Waals surface area contributed by atoms with E-state index in [4.69, 9.17) is 21.1 Å². The zero-order valence-electron chi connectivity index (χ0n) is 15.4. The lowest BCUT2D eigenvalue weighted by molar-refractivity contribution is -0.118. The molecule has 0 aliphatic carbocycles. The van der Waals surface area contributed by atoms with Crippen molar-refractivity contribution in [3.05, 3.63) is 69.7 Å². The van der Waals surface area contributed by atoms with Crippen LogP contribution in [-0.4, -0.2) is 25.1 Å². The van der Waals surface area contributed by atoms with E-state index >= 15 is 0 Å². The van der Waals surface area contributed by atoms with Gasteiger partial charge in [0.25, 0.3) is 5.91 Å². The highest BCUT2D eigenvalue weighted by atomic mass is 79.9. The maximum absolute atomic E-state index is 12.4. The van der Waals surface area contributed by atoms with Crippen LogP contribution >= 0.6 is 38.9 Å². The fraction of sp³-hybridized carbons (Fsp3) is 0.143. The van der Waals surface area contributed by atoms with Crippen molar-refractivity contribution in [2.24, 2.45) is 0 Å². The summed E-state index contributed by atoms with van der Waals surface area (Å²) in [4.78, 5) is 25.6. The van der Waals surface area contributed by atoms with Gasteiger partial charge < -0.3 is 14.8 Å². The number of thiophene rings is 1. The highest BCUT2D eigenvalue weighted by molar-refractivity contribution is 9.10. The summed E-state index contributed by atoms with van der Waals surface area (Å²) in [6, 6.07) is 16.4. The number of amides is 1.